The quantitative estimate of drug-likeness (QED) is 0.731. The van der Waals surface area contributed by atoms with Gasteiger partial charge in [-0.2, -0.15) is 0 Å². The first-order valence-corrected chi connectivity index (χ1v) is 7.29. The number of rotatable bonds is 5. The number of hydrogen-bond acceptors (Lipinski definition) is 4. The molecule has 0 bridgehead atoms. The summed E-state index contributed by atoms with van der Waals surface area (Å²) in [6.45, 7) is 5.13. The van der Waals surface area contributed by atoms with Gasteiger partial charge in [-0.25, -0.2) is 13.1 Å². The van der Waals surface area contributed by atoms with Gasteiger partial charge >= 0.3 is 0 Å². The molecule has 5 nitrogen and oxygen atoms in total. The van der Waals surface area contributed by atoms with Crippen LogP contribution >= 0.6 is 0 Å². The number of ether oxygens (including phenoxy) is 1. The van der Waals surface area contributed by atoms with Crippen molar-refractivity contribution < 1.29 is 13.2 Å². The van der Waals surface area contributed by atoms with Gasteiger partial charge in [0.25, 0.3) is 0 Å². The minimum atomic E-state index is -3.28. The Morgan fingerprint density at radius 1 is 1.44 bits per heavy atom. The number of nitrogens with one attached hydrogen (secondary N) is 1. The van der Waals surface area contributed by atoms with Crippen LogP contribution in [-0.4, -0.2) is 39.0 Å². The predicted molar refractivity (Wildman–Crippen MR) is 63.6 cm³/mol. The minimum absolute atomic E-state index is 0.311. The van der Waals surface area contributed by atoms with Gasteiger partial charge in [-0.3, -0.25) is 0 Å². The first-order chi connectivity index (χ1) is 7.43. The van der Waals surface area contributed by atoms with Gasteiger partial charge in [-0.1, -0.05) is 6.92 Å². The lowest BCUT2D eigenvalue weighted by molar-refractivity contribution is 0.0979. The van der Waals surface area contributed by atoms with Crippen molar-refractivity contribution >= 4 is 10.0 Å². The third kappa shape index (κ3) is 3.41. The van der Waals surface area contributed by atoms with E-state index in [2.05, 4.69) is 4.72 Å². The van der Waals surface area contributed by atoms with Crippen molar-refractivity contribution in [1.29, 1.82) is 0 Å². The molecule has 0 aliphatic carbocycles. The molecule has 1 unspecified atom stereocenters. The van der Waals surface area contributed by atoms with Crippen molar-refractivity contribution in [2.45, 2.75) is 43.9 Å². The maximum atomic E-state index is 12.1. The van der Waals surface area contributed by atoms with E-state index in [0.29, 0.717) is 39.0 Å². The lowest BCUT2D eigenvalue weighted by atomic mass is 10.0. The molecule has 0 saturated carbocycles. The van der Waals surface area contributed by atoms with E-state index in [-0.39, 0.29) is 5.25 Å². The first-order valence-electron chi connectivity index (χ1n) is 5.74. The molecular formula is C10H22N2O3S. The van der Waals surface area contributed by atoms with E-state index >= 15 is 0 Å². The number of hydrogen-bond donors (Lipinski definition) is 2. The summed E-state index contributed by atoms with van der Waals surface area (Å²) in [6, 6.07) is 0. The van der Waals surface area contributed by atoms with E-state index in [1.807, 2.05) is 13.8 Å². The maximum absolute atomic E-state index is 12.1. The minimum Gasteiger partial charge on any atom is -0.381 e. The summed E-state index contributed by atoms with van der Waals surface area (Å²) in [5.74, 6) is 0. The Labute approximate surface area is 97.8 Å². The Bertz CT molecular complexity index is 306. The Kier molecular flexibility index (Phi) is 4.73. The largest absolute Gasteiger partial charge is 0.381 e. The second kappa shape index (κ2) is 5.44. The average molecular weight is 250 g/mol. The van der Waals surface area contributed by atoms with Gasteiger partial charge in [0.2, 0.25) is 10.0 Å². The molecule has 1 saturated heterocycles. The molecule has 0 amide bonds. The molecule has 1 atom stereocenters. The Balaban J connectivity index is 2.70. The molecular weight excluding hydrogens is 228 g/mol. The normalized spacial score (nSPS) is 22.9. The smallest absolute Gasteiger partial charge is 0.215 e. The second-order valence-corrected chi connectivity index (χ2v) is 6.54. The summed E-state index contributed by atoms with van der Waals surface area (Å²) >= 11 is 0. The second-order valence-electron chi connectivity index (χ2n) is 4.58. The molecule has 16 heavy (non-hydrogen) atoms. The highest BCUT2D eigenvalue weighted by molar-refractivity contribution is 7.90. The summed E-state index contributed by atoms with van der Waals surface area (Å²) in [5.41, 5.74) is 5.07. The SMILES string of the molecule is CCC(C)(CN)NS(=O)(=O)C1CCOCC1. The molecule has 1 fully saturated rings. The zero-order valence-corrected chi connectivity index (χ0v) is 10.8. The molecule has 1 aliphatic rings. The van der Waals surface area contributed by atoms with Crippen LogP contribution in [0.2, 0.25) is 0 Å². The van der Waals surface area contributed by atoms with Crippen molar-refractivity contribution in [3.05, 3.63) is 0 Å². The Hall–Kier alpha value is -0.170. The number of nitrogens with two attached hydrogens (primary N) is 1. The van der Waals surface area contributed by atoms with Crippen LogP contribution in [0.1, 0.15) is 33.1 Å². The summed E-state index contributed by atoms with van der Waals surface area (Å²) in [4.78, 5) is 0. The van der Waals surface area contributed by atoms with Crippen LogP contribution < -0.4 is 10.5 Å². The first kappa shape index (κ1) is 13.9. The fourth-order valence-electron chi connectivity index (χ4n) is 1.67. The Morgan fingerprint density at radius 3 is 2.44 bits per heavy atom. The van der Waals surface area contributed by atoms with Crippen molar-refractivity contribution in [1.82, 2.24) is 4.72 Å². The topological polar surface area (TPSA) is 81.4 Å². The van der Waals surface area contributed by atoms with Gasteiger partial charge in [0, 0.05) is 25.3 Å². The van der Waals surface area contributed by atoms with Crippen molar-refractivity contribution in [2.24, 2.45) is 5.73 Å². The monoisotopic (exact) mass is 250 g/mol. The zero-order chi connectivity index (χ0) is 12.2. The third-order valence-corrected chi connectivity index (χ3v) is 5.35. The molecule has 0 spiro atoms. The van der Waals surface area contributed by atoms with E-state index in [9.17, 15) is 8.42 Å². The molecule has 1 heterocycles. The highest BCUT2D eigenvalue weighted by Gasteiger charge is 2.33. The standard InChI is InChI=1S/C10H22N2O3S/c1-3-10(2,8-11)12-16(13,14)9-4-6-15-7-5-9/h9,12H,3-8,11H2,1-2H3. The molecule has 0 aromatic rings. The van der Waals surface area contributed by atoms with E-state index in [1.54, 1.807) is 0 Å². The van der Waals surface area contributed by atoms with Crippen LogP contribution in [0.25, 0.3) is 0 Å². The summed E-state index contributed by atoms with van der Waals surface area (Å²) in [6.07, 6.45) is 1.82. The highest BCUT2D eigenvalue weighted by atomic mass is 32.2. The summed E-state index contributed by atoms with van der Waals surface area (Å²) in [5, 5.41) is -0.335. The Morgan fingerprint density at radius 2 is 2.00 bits per heavy atom. The van der Waals surface area contributed by atoms with Crippen LogP contribution in [0.5, 0.6) is 0 Å². The van der Waals surface area contributed by atoms with E-state index in [0.717, 1.165) is 0 Å². The molecule has 96 valence electrons. The molecule has 1 aliphatic heterocycles. The summed E-state index contributed by atoms with van der Waals surface area (Å²) < 4.78 is 32.1. The molecule has 1 rings (SSSR count). The van der Waals surface area contributed by atoms with Gasteiger partial charge in [0.1, 0.15) is 0 Å². The highest BCUT2D eigenvalue weighted by Crippen LogP contribution is 2.18. The molecule has 6 heteroatoms. The fraction of sp³-hybridized carbons (Fsp3) is 1.00. The van der Waals surface area contributed by atoms with Crippen molar-refractivity contribution in [2.75, 3.05) is 19.8 Å². The van der Waals surface area contributed by atoms with Gasteiger partial charge in [-0.05, 0) is 26.2 Å². The molecule has 0 aromatic carbocycles. The molecule has 3 N–H and O–H groups in total. The van der Waals surface area contributed by atoms with Crippen LogP contribution in [0.3, 0.4) is 0 Å². The molecule has 0 aromatic heterocycles. The van der Waals surface area contributed by atoms with Crippen LogP contribution in [0.4, 0.5) is 0 Å². The predicted octanol–water partition coefficient (Wildman–Crippen LogP) is 0.212. The van der Waals surface area contributed by atoms with E-state index < -0.39 is 15.6 Å². The van der Waals surface area contributed by atoms with Gasteiger partial charge in [-0.15, -0.1) is 0 Å². The van der Waals surface area contributed by atoms with Gasteiger partial charge in [0.15, 0.2) is 0 Å². The summed E-state index contributed by atoms with van der Waals surface area (Å²) in [7, 11) is -3.28. The zero-order valence-electron chi connectivity index (χ0n) is 10.0. The maximum Gasteiger partial charge on any atom is 0.215 e. The van der Waals surface area contributed by atoms with Gasteiger partial charge in [0.05, 0.1) is 5.25 Å². The molecule has 0 radical (unpaired) electrons. The van der Waals surface area contributed by atoms with E-state index in [4.69, 9.17) is 10.5 Å². The van der Waals surface area contributed by atoms with Gasteiger partial charge < -0.3 is 10.5 Å². The average Bonchev–Trinajstić information content (AvgIpc) is 2.29. The van der Waals surface area contributed by atoms with Crippen LogP contribution in [-0.2, 0) is 14.8 Å². The third-order valence-electron chi connectivity index (χ3n) is 3.23. The van der Waals surface area contributed by atoms with Crippen molar-refractivity contribution in [3.8, 4) is 0 Å². The number of sulfonamides is 1. The lowest BCUT2D eigenvalue weighted by Gasteiger charge is -2.31. The lowest BCUT2D eigenvalue weighted by Crippen LogP contribution is -2.54. The fourth-order valence-corrected chi connectivity index (χ4v) is 3.57. The van der Waals surface area contributed by atoms with Crippen LogP contribution in [0.15, 0.2) is 0 Å². The van der Waals surface area contributed by atoms with Crippen LogP contribution in [0, 0.1) is 0 Å². The van der Waals surface area contributed by atoms with Crippen molar-refractivity contribution in [3.63, 3.8) is 0 Å². The van der Waals surface area contributed by atoms with E-state index in [1.165, 1.54) is 0 Å².